The van der Waals surface area contributed by atoms with Crippen molar-refractivity contribution < 1.29 is 29.1 Å². The highest BCUT2D eigenvalue weighted by molar-refractivity contribution is 5.94. The van der Waals surface area contributed by atoms with Gasteiger partial charge in [0.25, 0.3) is 0 Å². The third kappa shape index (κ3) is 12.3. The first kappa shape index (κ1) is 29.8. The van der Waals surface area contributed by atoms with Crippen molar-refractivity contribution in [3.8, 4) is 0 Å². The first-order chi connectivity index (χ1) is 17.0. The van der Waals surface area contributed by atoms with Crippen LogP contribution < -0.4 is 38.9 Å². The number of nitrogens with zero attached hydrogens (tertiary/aromatic N) is 1. The summed E-state index contributed by atoms with van der Waals surface area (Å²) in [4.78, 5) is 64.0. The van der Waals surface area contributed by atoms with E-state index in [0.717, 1.165) is 5.56 Å². The van der Waals surface area contributed by atoms with Crippen molar-refractivity contribution in [3.05, 3.63) is 35.9 Å². The van der Waals surface area contributed by atoms with Gasteiger partial charge in [-0.2, -0.15) is 0 Å². The van der Waals surface area contributed by atoms with E-state index in [0.29, 0.717) is 0 Å². The van der Waals surface area contributed by atoms with Crippen LogP contribution in [0.3, 0.4) is 0 Å². The van der Waals surface area contributed by atoms with Gasteiger partial charge in [-0.1, -0.05) is 30.3 Å². The summed E-state index contributed by atoms with van der Waals surface area (Å²) < 4.78 is 0. The standard InChI is InChI=1S/C22H34N8O6/c23-14(11-13-5-2-1-3-6-13)19(34)29-16(8-9-17(24)31)21(36)30-15(7-4-10-27-22(25)26)20(35)28-12-18(32)33/h1-3,5-6,14-16H,4,7-12,23H2,(H2,24,31)(H,28,35)(H,29,34)(H,30,36)(H,32,33)(H4,25,26,27). The number of carboxylic acid groups (broad SMARTS) is 1. The Hall–Kier alpha value is -4.20. The molecule has 0 aliphatic rings. The summed E-state index contributed by atoms with van der Waals surface area (Å²) in [6.07, 6.45) is 0.207. The lowest BCUT2D eigenvalue weighted by Crippen LogP contribution is -2.56. The fraction of sp³-hybridized carbons (Fsp3) is 0.455. The lowest BCUT2D eigenvalue weighted by Gasteiger charge is -2.24. The summed E-state index contributed by atoms with van der Waals surface area (Å²) in [5.41, 5.74) is 22.5. The van der Waals surface area contributed by atoms with Crippen LogP contribution >= 0.6 is 0 Å². The van der Waals surface area contributed by atoms with Gasteiger partial charge in [0, 0.05) is 13.0 Å². The number of carboxylic acids is 1. The van der Waals surface area contributed by atoms with Crippen molar-refractivity contribution in [2.24, 2.45) is 27.9 Å². The van der Waals surface area contributed by atoms with Crippen LogP contribution in [-0.4, -0.2) is 71.9 Å². The first-order valence-electron chi connectivity index (χ1n) is 11.2. The number of hydrogen-bond donors (Lipinski definition) is 8. The van der Waals surface area contributed by atoms with Gasteiger partial charge in [-0.05, 0) is 31.2 Å². The van der Waals surface area contributed by atoms with E-state index in [2.05, 4.69) is 20.9 Å². The van der Waals surface area contributed by atoms with Crippen molar-refractivity contribution in [1.29, 1.82) is 0 Å². The van der Waals surface area contributed by atoms with Crippen LogP contribution in [0.2, 0.25) is 0 Å². The number of carbonyl (C=O) groups excluding carboxylic acids is 4. The molecule has 4 amide bonds. The van der Waals surface area contributed by atoms with Crippen molar-refractivity contribution in [3.63, 3.8) is 0 Å². The molecule has 0 aliphatic heterocycles. The molecule has 0 heterocycles. The Kier molecular flexibility index (Phi) is 13.0. The van der Waals surface area contributed by atoms with E-state index >= 15 is 0 Å². The van der Waals surface area contributed by atoms with Gasteiger partial charge in [0.1, 0.15) is 18.6 Å². The number of aliphatic imine (C=N–C) groups is 1. The van der Waals surface area contributed by atoms with Gasteiger partial charge >= 0.3 is 5.97 Å². The molecule has 198 valence electrons. The number of amides is 4. The highest BCUT2D eigenvalue weighted by Crippen LogP contribution is 2.06. The Balaban J connectivity index is 2.92. The number of aliphatic carboxylic acids is 1. The summed E-state index contributed by atoms with van der Waals surface area (Å²) in [6, 6.07) is 5.65. The van der Waals surface area contributed by atoms with Gasteiger partial charge in [0.2, 0.25) is 23.6 Å². The fourth-order valence-electron chi connectivity index (χ4n) is 3.13. The van der Waals surface area contributed by atoms with Crippen molar-refractivity contribution in [2.45, 2.75) is 50.2 Å². The zero-order valence-electron chi connectivity index (χ0n) is 19.8. The van der Waals surface area contributed by atoms with Crippen LogP contribution in [0.15, 0.2) is 35.3 Å². The van der Waals surface area contributed by atoms with Crippen molar-refractivity contribution in [1.82, 2.24) is 16.0 Å². The molecule has 1 aromatic rings. The molecule has 14 heteroatoms. The summed E-state index contributed by atoms with van der Waals surface area (Å²) in [5.74, 6) is -4.27. The zero-order valence-corrected chi connectivity index (χ0v) is 19.8. The molecule has 0 spiro atoms. The fourth-order valence-corrected chi connectivity index (χ4v) is 3.13. The Morgan fingerprint density at radius 1 is 0.889 bits per heavy atom. The van der Waals surface area contributed by atoms with Crippen LogP contribution in [-0.2, 0) is 30.4 Å². The second-order valence-electron chi connectivity index (χ2n) is 7.98. The average Bonchev–Trinajstić information content (AvgIpc) is 2.82. The monoisotopic (exact) mass is 506 g/mol. The molecule has 1 rings (SSSR count). The van der Waals surface area contributed by atoms with E-state index in [9.17, 15) is 24.0 Å². The summed E-state index contributed by atoms with van der Waals surface area (Å²) in [7, 11) is 0. The molecule has 1 aromatic carbocycles. The molecule has 3 atom stereocenters. The number of nitrogens with two attached hydrogens (primary N) is 4. The van der Waals surface area contributed by atoms with E-state index in [1.54, 1.807) is 24.3 Å². The lowest BCUT2D eigenvalue weighted by molar-refractivity contribution is -0.138. The molecule has 0 radical (unpaired) electrons. The van der Waals surface area contributed by atoms with Crippen molar-refractivity contribution in [2.75, 3.05) is 13.1 Å². The molecule has 0 saturated heterocycles. The minimum Gasteiger partial charge on any atom is -0.480 e. The SMILES string of the molecule is NC(=O)CCC(NC(=O)C(N)Cc1ccccc1)C(=O)NC(CCCN=C(N)N)C(=O)NCC(=O)O. The highest BCUT2D eigenvalue weighted by Gasteiger charge is 2.28. The van der Waals surface area contributed by atoms with E-state index < -0.39 is 54.3 Å². The molecular formula is C22H34N8O6. The molecule has 0 bridgehead atoms. The Labute approximate surface area is 208 Å². The van der Waals surface area contributed by atoms with Crippen LogP contribution in [0.5, 0.6) is 0 Å². The molecular weight excluding hydrogens is 472 g/mol. The Morgan fingerprint density at radius 2 is 1.50 bits per heavy atom. The molecule has 36 heavy (non-hydrogen) atoms. The number of hydrogen-bond acceptors (Lipinski definition) is 7. The number of nitrogens with one attached hydrogen (secondary N) is 3. The quantitative estimate of drug-likeness (QED) is 0.0646. The van der Waals surface area contributed by atoms with E-state index in [1.807, 2.05) is 6.07 Å². The van der Waals surface area contributed by atoms with Crippen LogP contribution in [0, 0.1) is 0 Å². The van der Waals surface area contributed by atoms with Crippen molar-refractivity contribution >= 4 is 35.6 Å². The van der Waals surface area contributed by atoms with Crippen LogP contribution in [0.1, 0.15) is 31.2 Å². The van der Waals surface area contributed by atoms with Gasteiger partial charge < -0.3 is 44.0 Å². The smallest absolute Gasteiger partial charge is 0.322 e. The Bertz CT molecular complexity index is 936. The van der Waals surface area contributed by atoms with Crippen LogP contribution in [0.25, 0.3) is 0 Å². The number of primary amides is 1. The zero-order chi connectivity index (χ0) is 27.1. The number of rotatable bonds is 16. The van der Waals surface area contributed by atoms with Gasteiger partial charge in [0.15, 0.2) is 5.96 Å². The normalized spacial score (nSPS) is 12.9. The molecule has 3 unspecified atom stereocenters. The van der Waals surface area contributed by atoms with E-state index in [4.69, 9.17) is 28.0 Å². The lowest BCUT2D eigenvalue weighted by atomic mass is 10.0. The summed E-state index contributed by atoms with van der Waals surface area (Å²) in [5, 5.41) is 16.0. The maximum absolute atomic E-state index is 13.0. The largest absolute Gasteiger partial charge is 0.480 e. The predicted molar refractivity (Wildman–Crippen MR) is 131 cm³/mol. The highest BCUT2D eigenvalue weighted by atomic mass is 16.4. The van der Waals surface area contributed by atoms with Gasteiger partial charge in [0.05, 0.1) is 6.04 Å². The molecule has 0 aliphatic carbocycles. The molecule has 0 saturated carbocycles. The van der Waals surface area contributed by atoms with Gasteiger partial charge in [-0.25, -0.2) is 0 Å². The third-order valence-corrected chi connectivity index (χ3v) is 4.94. The Morgan fingerprint density at radius 3 is 2.08 bits per heavy atom. The number of guanidine groups is 1. The summed E-state index contributed by atoms with van der Waals surface area (Å²) >= 11 is 0. The number of carbonyl (C=O) groups is 5. The third-order valence-electron chi connectivity index (χ3n) is 4.94. The second kappa shape index (κ2) is 15.7. The summed E-state index contributed by atoms with van der Waals surface area (Å²) in [6.45, 7) is -0.494. The first-order valence-corrected chi connectivity index (χ1v) is 11.2. The maximum atomic E-state index is 13.0. The average molecular weight is 507 g/mol. The van der Waals surface area contributed by atoms with Crippen LogP contribution in [0.4, 0.5) is 0 Å². The minimum absolute atomic E-state index is 0.0674. The van der Waals surface area contributed by atoms with E-state index in [-0.39, 0.29) is 44.6 Å². The number of benzene rings is 1. The topological polar surface area (TPSA) is 258 Å². The molecule has 0 aromatic heterocycles. The van der Waals surface area contributed by atoms with Gasteiger partial charge in [-0.15, -0.1) is 0 Å². The molecule has 12 N–H and O–H groups in total. The second-order valence-corrected chi connectivity index (χ2v) is 7.98. The van der Waals surface area contributed by atoms with Gasteiger partial charge in [-0.3, -0.25) is 29.0 Å². The predicted octanol–water partition coefficient (Wildman–Crippen LogP) is -2.95. The maximum Gasteiger partial charge on any atom is 0.322 e. The molecule has 0 fully saturated rings. The molecule has 14 nitrogen and oxygen atoms in total. The minimum atomic E-state index is -1.27. The van der Waals surface area contributed by atoms with E-state index in [1.165, 1.54) is 0 Å².